The summed E-state index contributed by atoms with van der Waals surface area (Å²) in [5.74, 6) is 1.74. The number of hydrogen-bond donors (Lipinski definition) is 2. The fourth-order valence-corrected chi connectivity index (χ4v) is 3.81. The summed E-state index contributed by atoms with van der Waals surface area (Å²) in [5, 5.41) is 18.4. The van der Waals surface area contributed by atoms with Gasteiger partial charge in [0.05, 0.1) is 12.9 Å². The zero-order chi connectivity index (χ0) is 20.1. The van der Waals surface area contributed by atoms with Crippen LogP contribution in [0.2, 0.25) is 0 Å². The Bertz CT molecular complexity index is 949. The van der Waals surface area contributed by atoms with E-state index in [1.165, 1.54) is 18.2 Å². The van der Waals surface area contributed by atoms with Crippen LogP contribution in [0.5, 0.6) is 5.75 Å². The summed E-state index contributed by atoms with van der Waals surface area (Å²) in [4.78, 5) is 18.8. The van der Waals surface area contributed by atoms with Crippen LogP contribution in [-0.2, 0) is 4.79 Å². The number of carbonyl (C=O) groups excluding carboxylic acids is 1. The second-order valence-corrected chi connectivity index (χ2v) is 7.49. The number of piperidine rings is 1. The topological polar surface area (TPSA) is 114 Å². The van der Waals surface area contributed by atoms with Crippen LogP contribution in [0.15, 0.2) is 35.7 Å². The largest absolute Gasteiger partial charge is 0.497 e. The van der Waals surface area contributed by atoms with Crippen LogP contribution in [0.4, 0.5) is 11.9 Å². The third kappa shape index (κ3) is 4.67. The summed E-state index contributed by atoms with van der Waals surface area (Å²) in [6, 6.07) is 7.53. The first-order valence-corrected chi connectivity index (χ1v) is 10.4. The highest BCUT2D eigenvalue weighted by Gasteiger charge is 2.17. The van der Waals surface area contributed by atoms with Crippen molar-refractivity contribution in [3.05, 3.63) is 30.6 Å². The van der Waals surface area contributed by atoms with Gasteiger partial charge in [-0.2, -0.15) is 4.98 Å². The Labute approximate surface area is 172 Å². The molecule has 0 atom stereocenters. The molecule has 29 heavy (non-hydrogen) atoms. The number of benzene rings is 1. The summed E-state index contributed by atoms with van der Waals surface area (Å²) in [6.45, 7) is 1.89. The first kappa shape index (κ1) is 19.2. The number of ether oxygens (including phenoxy) is 1. The Morgan fingerprint density at radius 3 is 2.79 bits per heavy atom. The Morgan fingerprint density at radius 1 is 1.24 bits per heavy atom. The number of methoxy groups -OCH3 is 1. The van der Waals surface area contributed by atoms with Crippen LogP contribution in [0, 0.1) is 0 Å². The van der Waals surface area contributed by atoms with E-state index in [9.17, 15) is 4.79 Å². The third-order valence-electron chi connectivity index (χ3n) is 4.57. The Hall–Kier alpha value is -3.08. The van der Waals surface area contributed by atoms with Gasteiger partial charge in [0.15, 0.2) is 5.16 Å². The number of hydrogen-bond acceptors (Lipinski definition) is 8. The Morgan fingerprint density at radius 2 is 2.03 bits per heavy atom. The molecule has 1 amide bonds. The van der Waals surface area contributed by atoms with Gasteiger partial charge in [0.2, 0.25) is 17.8 Å². The van der Waals surface area contributed by atoms with Crippen LogP contribution in [0.1, 0.15) is 19.3 Å². The van der Waals surface area contributed by atoms with Gasteiger partial charge in [-0.25, -0.2) is 5.10 Å². The molecule has 1 fully saturated rings. The summed E-state index contributed by atoms with van der Waals surface area (Å²) < 4.78 is 7.00. The number of nitrogens with one attached hydrogen (secondary N) is 2. The van der Waals surface area contributed by atoms with Crippen molar-refractivity contribution < 1.29 is 9.53 Å². The summed E-state index contributed by atoms with van der Waals surface area (Å²) in [6.07, 6.45) is 5.13. The smallest absolute Gasteiger partial charge is 0.246 e. The number of aromatic nitrogens is 6. The highest BCUT2D eigenvalue weighted by atomic mass is 32.2. The first-order chi connectivity index (χ1) is 14.2. The normalized spacial score (nSPS) is 14.0. The van der Waals surface area contributed by atoms with Gasteiger partial charge >= 0.3 is 0 Å². The van der Waals surface area contributed by atoms with Crippen LogP contribution in [0.25, 0.3) is 5.69 Å². The van der Waals surface area contributed by atoms with Crippen LogP contribution in [0.3, 0.4) is 0 Å². The molecule has 11 heteroatoms. The first-order valence-electron chi connectivity index (χ1n) is 9.37. The fraction of sp³-hybridized carbons (Fsp3) is 0.389. The van der Waals surface area contributed by atoms with Gasteiger partial charge in [-0.3, -0.25) is 14.7 Å². The molecule has 0 saturated carbocycles. The second kappa shape index (κ2) is 8.95. The van der Waals surface area contributed by atoms with Crippen molar-refractivity contribution in [2.75, 3.05) is 36.2 Å². The van der Waals surface area contributed by atoms with Crippen LogP contribution in [-0.4, -0.2) is 61.8 Å². The van der Waals surface area contributed by atoms with E-state index in [0.29, 0.717) is 17.1 Å². The summed E-state index contributed by atoms with van der Waals surface area (Å²) in [5.41, 5.74) is 0.889. The minimum absolute atomic E-state index is 0.175. The molecule has 0 unspecified atom stereocenters. The zero-order valence-electron chi connectivity index (χ0n) is 16.0. The number of H-pyrrole nitrogens is 1. The molecule has 1 saturated heterocycles. The lowest BCUT2D eigenvalue weighted by molar-refractivity contribution is -0.113. The maximum Gasteiger partial charge on any atom is 0.246 e. The highest BCUT2D eigenvalue weighted by Crippen LogP contribution is 2.22. The van der Waals surface area contributed by atoms with Crippen molar-refractivity contribution in [3.63, 3.8) is 0 Å². The van der Waals surface area contributed by atoms with Crippen molar-refractivity contribution >= 4 is 29.6 Å². The predicted molar refractivity (Wildman–Crippen MR) is 110 cm³/mol. The molecular formula is C18H22N8O2S. The molecule has 0 bridgehead atoms. The number of nitrogens with zero attached hydrogens (tertiary/aromatic N) is 6. The molecule has 0 aliphatic carbocycles. The van der Waals surface area contributed by atoms with Crippen LogP contribution >= 0.6 is 11.8 Å². The average Bonchev–Trinajstić information content (AvgIpc) is 3.42. The fourth-order valence-electron chi connectivity index (χ4n) is 3.09. The van der Waals surface area contributed by atoms with E-state index in [4.69, 9.17) is 4.74 Å². The molecule has 152 valence electrons. The Kier molecular flexibility index (Phi) is 5.94. The van der Waals surface area contributed by atoms with Crippen molar-refractivity contribution in [1.29, 1.82) is 0 Å². The SMILES string of the molecule is COc1ccc(-n2cnnc2SCC(=O)Nc2nc(N3CCCCC3)n[nH]2)cc1. The monoisotopic (exact) mass is 414 g/mol. The maximum atomic E-state index is 12.3. The number of anilines is 2. The molecule has 0 radical (unpaired) electrons. The quantitative estimate of drug-likeness (QED) is 0.565. The summed E-state index contributed by atoms with van der Waals surface area (Å²) in [7, 11) is 1.62. The second-order valence-electron chi connectivity index (χ2n) is 6.55. The number of carbonyl (C=O) groups is 1. The molecule has 3 heterocycles. The standard InChI is InChI=1S/C18H22N8O2S/c1-28-14-7-5-13(6-8-14)26-12-19-24-18(26)29-11-15(27)20-16-21-17(23-22-16)25-9-3-2-4-10-25/h5-8,12H,2-4,9-11H2,1H3,(H2,20,21,22,23,27). The van der Waals surface area contributed by atoms with Gasteiger partial charge in [0.1, 0.15) is 12.1 Å². The zero-order valence-corrected chi connectivity index (χ0v) is 16.9. The molecule has 2 N–H and O–H groups in total. The van der Waals surface area contributed by atoms with E-state index in [1.807, 2.05) is 28.8 Å². The number of rotatable bonds is 7. The van der Waals surface area contributed by atoms with Gasteiger partial charge in [-0.1, -0.05) is 11.8 Å². The molecule has 4 rings (SSSR count). The molecule has 0 spiro atoms. The van der Waals surface area contributed by atoms with Gasteiger partial charge in [0.25, 0.3) is 0 Å². The maximum absolute atomic E-state index is 12.3. The minimum Gasteiger partial charge on any atom is -0.497 e. The van der Waals surface area contributed by atoms with E-state index >= 15 is 0 Å². The molecule has 1 aliphatic rings. The van der Waals surface area contributed by atoms with Crippen molar-refractivity contribution in [3.8, 4) is 11.4 Å². The van der Waals surface area contributed by atoms with Gasteiger partial charge < -0.3 is 9.64 Å². The van der Waals surface area contributed by atoms with Crippen molar-refractivity contribution in [1.82, 2.24) is 29.9 Å². The molecular weight excluding hydrogens is 392 g/mol. The number of thioether (sulfide) groups is 1. The van der Waals surface area contributed by atoms with Crippen molar-refractivity contribution in [2.24, 2.45) is 0 Å². The summed E-state index contributed by atoms with van der Waals surface area (Å²) >= 11 is 1.29. The number of aromatic amines is 1. The molecule has 10 nitrogen and oxygen atoms in total. The molecule has 3 aromatic rings. The molecule has 1 aliphatic heterocycles. The van der Waals surface area contributed by atoms with E-state index in [1.54, 1.807) is 13.4 Å². The van der Waals surface area contributed by atoms with Crippen molar-refractivity contribution in [2.45, 2.75) is 24.4 Å². The minimum atomic E-state index is -0.194. The van der Waals surface area contributed by atoms with Gasteiger partial charge in [-0.05, 0) is 43.5 Å². The van der Waals surface area contributed by atoms with E-state index in [-0.39, 0.29) is 11.7 Å². The highest BCUT2D eigenvalue weighted by molar-refractivity contribution is 7.99. The Balaban J connectivity index is 1.33. The molecule has 2 aromatic heterocycles. The van der Waals surface area contributed by atoms with Gasteiger partial charge in [0, 0.05) is 18.8 Å². The molecule has 1 aromatic carbocycles. The number of amides is 1. The predicted octanol–water partition coefficient (Wildman–Crippen LogP) is 2.12. The lowest BCUT2D eigenvalue weighted by Crippen LogP contribution is -2.30. The van der Waals surface area contributed by atoms with E-state index in [0.717, 1.165) is 37.4 Å². The average molecular weight is 414 g/mol. The van der Waals surface area contributed by atoms with E-state index in [2.05, 4.69) is 35.6 Å². The lowest BCUT2D eigenvalue weighted by Gasteiger charge is -2.24. The van der Waals surface area contributed by atoms with E-state index < -0.39 is 0 Å². The van der Waals surface area contributed by atoms with Crippen LogP contribution < -0.4 is 15.0 Å². The van der Waals surface area contributed by atoms with Gasteiger partial charge in [-0.15, -0.1) is 15.3 Å². The third-order valence-corrected chi connectivity index (χ3v) is 5.51. The lowest BCUT2D eigenvalue weighted by atomic mass is 10.1.